The van der Waals surface area contributed by atoms with Gasteiger partial charge < -0.3 is 9.47 Å². The Labute approximate surface area is 185 Å². The standard InChI is InChI=1S/C24H17F4NO4/c1-3-33-22(30)16-17(24(26,27)28)21(23(31)32-2)29-19(13-9-5-4-6-10-13)18(25)14-11-7-8-12-15(14)20(16)29/h4-12H,3H2,1-2H3. The third kappa shape index (κ3) is 3.49. The van der Waals surface area contributed by atoms with Gasteiger partial charge in [0, 0.05) is 16.3 Å². The number of benzene rings is 2. The van der Waals surface area contributed by atoms with Crippen molar-refractivity contribution in [2.45, 2.75) is 13.1 Å². The monoisotopic (exact) mass is 459 g/mol. The summed E-state index contributed by atoms with van der Waals surface area (Å²) in [6, 6.07) is 13.6. The minimum absolute atomic E-state index is 0.0124. The van der Waals surface area contributed by atoms with Crippen molar-refractivity contribution in [1.29, 1.82) is 0 Å². The van der Waals surface area contributed by atoms with Crippen LogP contribution < -0.4 is 0 Å². The van der Waals surface area contributed by atoms with Crippen LogP contribution in [0.25, 0.3) is 27.5 Å². The maximum atomic E-state index is 15.8. The highest BCUT2D eigenvalue weighted by Crippen LogP contribution is 2.44. The van der Waals surface area contributed by atoms with E-state index in [0.717, 1.165) is 11.5 Å². The van der Waals surface area contributed by atoms with Crippen molar-refractivity contribution in [2.24, 2.45) is 0 Å². The summed E-state index contributed by atoms with van der Waals surface area (Å²) in [6.45, 7) is 1.24. The van der Waals surface area contributed by atoms with Gasteiger partial charge in [0.05, 0.1) is 30.5 Å². The van der Waals surface area contributed by atoms with Crippen molar-refractivity contribution in [2.75, 3.05) is 13.7 Å². The fraction of sp³-hybridized carbons (Fsp3) is 0.167. The molecule has 0 unspecified atom stereocenters. The minimum atomic E-state index is -5.15. The second kappa shape index (κ2) is 8.23. The van der Waals surface area contributed by atoms with Crippen LogP contribution >= 0.6 is 0 Å². The molecule has 5 nitrogen and oxygen atoms in total. The number of rotatable bonds is 4. The van der Waals surface area contributed by atoms with Crippen LogP contribution in [0, 0.1) is 5.82 Å². The fourth-order valence-corrected chi connectivity index (χ4v) is 3.98. The Kier molecular flexibility index (Phi) is 5.57. The van der Waals surface area contributed by atoms with Gasteiger partial charge in [-0.05, 0) is 6.92 Å². The van der Waals surface area contributed by atoms with Gasteiger partial charge in [0.25, 0.3) is 0 Å². The summed E-state index contributed by atoms with van der Waals surface area (Å²) in [5.41, 5.74) is -3.83. The molecule has 0 fully saturated rings. The molecule has 0 aliphatic rings. The molecule has 2 heterocycles. The molecule has 0 bridgehead atoms. The fourth-order valence-electron chi connectivity index (χ4n) is 3.98. The number of esters is 2. The van der Waals surface area contributed by atoms with Crippen LogP contribution in [0.4, 0.5) is 17.6 Å². The highest BCUT2D eigenvalue weighted by Gasteiger charge is 2.46. The number of halogens is 4. The highest BCUT2D eigenvalue weighted by molar-refractivity contribution is 6.13. The van der Waals surface area contributed by atoms with Crippen LogP contribution in [0.2, 0.25) is 0 Å². The number of fused-ring (bicyclic) bond motifs is 3. The first-order chi connectivity index (χ1) is 15.7. The minimum Gasteiger partial charge on any atom is -0.464 e. The first-order valence-electron chi connectivity index (χ1n) is 9.89. The predicted octanol–water partition coefficient (Wildman–Crippen LogP) is 5.88. The number of nitrogens with zero attached hydrogens (tertiary/aromatic N) is 1. The first-order valence-corrected chi connectivity index (χ1v) is 9.89. The molecule has 0 amide bonds. The van der Waals surface area contributed by atoms with Crippen molar-refractivity contribution in [1.82, 2.24) is 4.40 Å². The van der Waals surface area contributed by atoms with E-state index in [9.17, 15) is 22.8 Å². The molecule has 2 aromatic heterocycles. The lowest BCUT2D eigenvalue weighted by molar-refractivity contribution is -0.138. The van der Waals surface area contributed by atoms with Crippen LogP contribution in [0.5, 0.6) is 0 Å². The van der Waals surface area contributed by atoms with E-state index in [4.69, 9.17) is 4.74 Å². The van der Waals surface area contributed by atoms with E-state index in [1.165, 1.54) is 43.3 Å². The third-order valence-electron chi connectivity index (χ3n) is 5.21. The predicted molar refractivity (Wildman–Crippen MR) is 113 cm³/mol. The number of aromatic nitrogens is 1. The number of hydrogen-bond acceptors (Lipinski definition) is 4. The van der Waals surface area contributed by atoms with E-state index >= 15 is 4.39 Å². The Morgan fingerprint density at radius 3 is 2.12 bits per heavy atom. The van der Waals surface area contributed by atoms with Crippen molar-refractivity contribution < 1.29 is 36.6 Å². The SMILES string of the molecule is CCOC(=O)c1c(C(F)(F)F)c(C(=O)OC)n2c(-c3ccccc3)c(F)c3ccccc3c12. The Morgan fingerprint density at radius 1 is 0.939 bits per heavy atom. The maximum absolute atomic E-state index is 15.8. The van der Waals surface area contributed by atoms with Crippen molar-refractivity contribution in [3.8, 4) is 11.3 Å². The molecule has 4 aromatic rings. The van der Waals surface area contributed by atoms with E-state index in [2.05, 4.69) is 4.74 Å². The number of alkyl halides is 3. The van der Waals surface area contributed by atoms with Gasteiger partial charge in [0.1, 0.15) is 11.3 Å². The molecule has 0 N–H and O–H groups in total. The number of pyridine rings is 1. The van der Waals surface area contributed by atoms with E-state index in [1.54, 1.807) is 18.2 Å². The second-order valence-electron chi connectivity index (χ2n) is 7.07. The van der Waals surface area contributed by atoms with Crippen LogP contribution in [0.15, 0.2) is 54.6 Å². The molecule has 0 atom stereocenters. The average Bonchev–Trinajstić information content (AvgIpc) is 3.16. The van der Waals surface area contributed by atoms with Gasteiger partial charge in [-0.15, -0.1) is 0 Å². The van der Waals surface area contributed by atoms with Gasteiger partial charge in [-0.25, -0.2) is 14.0 Å². The molecular weight excluding hydrogens is 442 g/mol. The summed E-state index contributed by atoms with van der Waals surface area (Å²) >= 11 is 0. The Morgan fingerprint density at radius 2 is 1.55 bits per heavy atom. The summed E-state index contributed by atoms with van der Waals surface area (Å²) < 4.78 is 69.3. The number of ether oxygens (including phenoxy) is 2. The lowest BCUT2D eigenvalue weighted by atomic mass is 10.0. The lowest BCUT2D eigenvalue weighted by Crippen LogP contribution is -2.18. The Hall–Kier alpha value is -3.88. The zero-order chi connectivity index (χ0) is 23.9. The van der Waals surface area contributed by atoms with Crippen molar-refractivity contribution in [3.05, 3.63) is 77.2 Å². The molecule has 0 aliphatic carbocycles. The molecule has 0 saturated carbocycles. The van der Waals surface area contributed by atoms with Gasteiger partial charge in [0.2, 0.25) is 0 Å². The van der Waals surface area contributed by atoms with Crippen LogP contribution in [0.1, 0.15) is 33.3 Å². The largest absolute Gasteiger partial charge is 0.464 e. The van der Waals surface area contributed by atoms with Gasteiger partial charge in [0.15, 0.2) is 5.82 Å². The number of methoxy groups -OCH3 is 1. The molecule has 9 heteroatoms. The lowest BCUT2D eigenvalue weighted by Gasteiger charge is -2.15. The molecule has 33 heavy (non-hydrogen) atoms. The maximum Gasteiger partial charge on any atom is 0.419 e. The molecule has 0 saturated heterocycles. The zero-order valence-electron chi connectivity index (χ0n) is 17.5. The quantitative estimate of drug-likeness (QED) is 0.283. The van der Waals surface area contributed by atoms with Crippen molar-refractivity contribution in [3.63, 3.8) is 0 Å². The number of carbonyl (C=O) groups excluding carboxylic acids is 2. The van der Waals surface area contributed by atoms with Gasteiger partial charge in [-0.3, -0.25) is 4.40 Å². The Bertz CT molecular complexity index is 1390. The van der Waals surface area contributed by atoms with E-state index in [-0.39, 0.29) is 34.2 Å². The summed E-state index contributed by atoms with van der Waals surface area (Å²) in [5.74, 6) is -3.51. The van der Waals surface area contributed by atoms with E-state index in [1.807, 2.05) is 0 Å². The van der Waals surface area contributed by atoms with E-state index < -0.39 is 40.8 Å². The van der Waals surface area contributed by atoms with Gasteiger partial charge >= 0.3 is 18.1 Å². The average molecular weight is 459 g/mol. The van der Waals surface area contributed by atoms with Crippen LogP contribution in [0.3, 0.4) is 0 Å². The summed E-state index contributed by atoms with van der Waals surface area (Å²) in [7, 11) is 0.908. The Balaban J connectivity index is 2.40. The second-order valence-corrected chi connectivity index (χ2v) is 7.07. The van der Waals surface area contributed by atoms with Gasteiger partial charge in [-0.1, -0.05) is 54.6 Å². The molecule has 2 aromatic carbocycles. The summed E-state index contributed by atoms with van der Waals surface area (Å²) in [4.78, 5) is 25.5. The van der Waals surface area contributed by atoms with Crippen molar-refractivity contribution >= 4 is 28.2 Å². The molecule has 0 spiro atoms. The summed E-state index contributed by atoms with van der Waals surface area (Å²) in [6.07, 6.45) is -5.15. The zero-order valence-corrected chi connectivity index (χ0v) is 17.5. The topological polar surface area (TPSA) is 57.0 Å². The molecule has 0 radical (unpaired) electrons. The van der Waals surface area contributed by atoms with Crippen LogP contribution in [-0.2, 0) is 15.7 Å². The highest BCUT2D eigenvalue weighted by atomic mass is 19.4. The van der Waals surface area contributed by atoms with E-state index in [0.29, 0.717) is 0 Å². The normalized spacial score (nSPS) is 11.7. The third-order valence-corrected chi connectivity index (χ3v) is 5.21. The number of carbonyl (C=O) groups is 2. The smallest absolute Gasteiger partial charge is 0.419 e. The molecule has 0 aliphatic heterocycles. The number of hydrogen-bond donors (Lipinski definition) is 0. The molecule has 4 rings (SSSR count). The van der Waals surface area contributed by atoms with Gasteiger partial charge in [-0.2, -0.15) is 13.2 Å². The summed E-state index contributed by atoms with van der Waals surface area (Å²) in [5, 5.41) is -0.00423. The molecule has 170 valence electrons. The molecular formula is C24H17F4NO4. The van der Waals surface area contributed by atoms with Crippen LogP contribution in [-0.4, -0.2) is 30.1 Å². The first kappa shape index (κ1) is 22.3.